The van der Waals surface area contributed by atoms with E-state index in [1.807, 2.05) is 6.07 Å². The van der Waals surface area contributed by atoms with Crippen LogP contribution in [0.25, 0.3) is 16.9 Å². The molecule has 1 aromatic heterocycles. The van der Waals surface area contributed by atoms with Gasteiger partial charge in [-0.3, -0.25) is 0 Å². The summed E-state index contributed by atoms with van der Waals surface area (Å²) in [6.07, 6.45) is 1.73. The zero-order valence-corrected chi connectivity index (χ0v) is 13.2. The maximum Gasteiger partial charge on any atom is 0.113 e. The fourth-order valence-corrected chi connectivity index (χ4v) is 2.82. The van der Waals surface area contributed by atoms with Crippen LogP contribution in [0.3, 0.4) is 0 Å². The lowest BCUT2D eigenvalue weighted by Gasteiger charge is -2.10. The van der Waals surface area contributed by atoms with Crippen molar-refractivity contribution in [1.29, 1.82) is 0 Å². The van der Waals surface area contributed by atoms with Crippen LogP contribution in [0.5, 0.6) is 0 Å². The third kappa shape index (κ3) is 2.57. The lowest BCUT2D eigenvalue weighted by atomic mass is 10.1. The molecule has 0 N–H and O–H groups in total. The number of hydrogen-bond acceptors (Lipinski definition) is 1. The SMILES string of the molecule is [CH2]Cc1ccc(-n2c(CC)nc(-c3ccccc3)c2C)cc1. The van der Waals surface area contributed by atoms with E-state index in [0.29, 0.717) is 0 Å². The molecule has 0 unspecified atom stereocenters. The van der Waals surface area contributed by atoms with Gasteiger partial charge >= 0.3 is 0 Å². The van der Waals surface area contributed by atoms with Crippen LogP contribution < -0.4 is 0 Å². The minimum atomic E-state index is 0.819. The Bertz CT molecular complexity index is 752. The van der Waals surface area contributed by atoms with E-state index in [4.69, 9.17) is 4.98 Å². The molecule has 1 heterocycles. The predicted octanol–water partition coefficient (Wildman–Crippen LogP) is 4.79. The van der Waals surface area contributed by atoms with Crippen molar-refractivity contribution in [2.45, 2.75) is 26.7 Å². The minimum Gasteiger partial charge on any atom is -0.300 e. The fourth-order valence-electron chi connectivity index (χ4n) is 2.82. The molecule has 0 aliphatic heterocycles. The maximum atomic E-state index is 4.87. The first-order chi connectivity index (χ1) is 10.7. The van der Waals surface area contributed by atoms with Crippen LogP contribution in [0.2, 0.25) is 0 Å². The number of nitrogens with zero attached hydrogens (tertiary/aromatic N) is 2. The predicted molar refractivity (Wildman–Crippen MR) is 92.2 cm³/mol. The van der Waals surface area contributed by atoms with Gasteiger partial charge in [-0.15, -0.1) is 0 Å². The van der Waals surface area contributed by atoms with Crippen molar-refractivity contribution < 1.29 is 0 Å². The number of aromatic nitrogens is 2. The molecule has 0 aliphatic carbocycles. The molecule has 111 valence electrons. The molecule has 1 radical (unpaired) electrons. The smallest absolute Gasteiger partial charge is 0.113 e. The molecular weight excluding hydrogens is 268 g/mol. The third-order valence-electron chi connectivity index (χ3n) is 4.02. The van der Waals surface area contributed by atoms with Crippen LogP contribution in [-0.2, 0) is 12.8 Å². The Kier molecular flexibility index (Phi) is 4.10. The Morgan fingerprint density at radius 1 is 1.00 bits per heavy atom. The zero-order valence-electron chi connectivity index (χ0n) is 13.2. The Hall–Kier alpha value is -2.35. The molecule has 0 saturated heterocycles. The van der Waals surface area contributed by atoms with Crippen LogP contribution in [0.1, 0.15) is 24.0 Å². The molecule has 2 heteroatoms. The van der Waals surface area contributed by atoms with Crippen molar-refractivity contribution in [3.8, 4) is 16.9 Å². The number of benzene rings is 2. The van der Waals surface area contributed by atoms with Gasteiger partial charge in [0.1, 0.15) is 5.82 Å². The number of hydrogen-bond donors (Lipinski definition) is 0. The van der Waals surface area contributed by atoms with Crippen LogP contribution >= 0.6 is 0 Å². The van der Waals surface area contributed by atoms with Gasteiger partial charge in [0.05, 0.1) is 5.69 Å². The van der Waals surface area contributed by atoms with E-state index in [1.54, 1.807) is 0 Å². The molecule has 0 aliphatic rings. The van der Waals surface area contributed by atoms with Gasteiger partial charge in [-0.25, -0.2) is 4.98 Å². The lowest BCUT2D eigenvalue weighted by molar-refractivity contribution is 0.871. The van der Waals surface area contributed by atoms with Gasteiger partial charge in [0.15, 0.2) is 0 Å². The van der Waals surface area contributed by atoms with Crippen molar-refractivity contribution >= 4 is 0 Å². The number of rotatable bonds is 4. The highest BCUT2D eigenvalue weighted by molar-refractivity contribution is 5.63. The maximum absolute atomic E-state index is 4.87. The zero-order chi connectivity index (χ0) is 15.5. The molecule has 0 fully saturated rings. The topological polar surface area (TPSA) is 17.8 Å². The van der Waals surface area contributed by atoms with Crippen molar-refractivity contribution in [2.75, 3.05) is 0 Å². The van der Waals surface area contributed by atoms with Crippen molar-refractivity contribution in [1.82, 2.24) is 9.55 Å². The Morgan fingerprint density at radius 2 is 1.68 bits per heavy atom. The average Bonchev–Trinajstić information content (AvgIpc) is 2.92. The molecule has 3 rings (SSSR count). The van der Waals surface area contributed by atoms with E-state index < -0.39 is 0 Å². The highest BCUT2D eigenvalue weighted by Gasteiger charge is 2.15. The summed E-state index contributed by atoms with van der Waals surface area (Å²) in [4.78, 5) is 4.87. The highest BCUT2D eigenvalue weighted by atomic mass is 15.1. The number of imidazole rings is 1. The van der Waals surface area contributed by atoms with Crippen molar-refractivity contribution in [3.05, 3.63) is 78.6 Å². The quantitative estimate of drug-likeness (QED) is 0.675. The summed E-state index contributed by atoms with van der Waals surface area (Å²) in [5.41, 5.74) is 5.84. The first-order valence-electron chi connectivity index (χ1n) is 7.76. The molecule has 2 aromatic carbocycles. The molecule has 2 nitrogen and oxygen atoms in total. The molecule has 0 atom stereocenters. The van der Waals surface area contributed by atoms with E-state index in [1.165, 1.54) is 22.5 Å². The molecule has 0 amide bonds. The first-order valence-corrected chi connectivity index (χ1v) is 7.76. The van der Waals surface area contributed by atoms with Crippen molar-refractivity contribution in [3.63, 3.8) is 0 Å². The van der Waals surface area contributed by atoms with Gasteiger partial charge in [0.2, 0.25) is 0 Å². The third-order valence-corrected chi connectivity index (χ3v) is 4.02. The van der Waals surface area contributed by atoms with E-state index in [0.717, 1.165) is 24.4 Å². The highest BCUT2D eigenvalue weighted by Crippen LogP contribution is 2.26. The van der Waals surface area contributed by atoms with Crippen LogP contribution in [0.15, 0.2) is 54.6 Å². The van der Waals surface area contributed by atoms with Crippen LogP contribution in [0, 0.1) is 13.8 Å². The second-order valence-corrected chi connectivity index (χ2v) is 5.43. The van der Waals surface area contributed by atoms with Crippen LogP contribution in [-0.4, -0.2) is 9.55 Å². The van der Waals surface area contributed by atoms with Gasteiger partial charge in [0, 0.05) is 23.4 Å². The van der Waals surface area contributed by atoms with Gasteiger partial charge in [-0.05, 0) is 38.0 Å². The fraction of sp³-hybridized carbons (Fsp3) is 0.200. The largest absolute Gasteiger partial charge is 0.300 e. The second-order valence-electron chi connectivity index (χ2n) is 5.43. The van der Waals surface area contributed by atoms with Gasteiger partial charge in [-0.1, -0.05) is 49.4 Å². The molecule has 22 heavy (non-hydrogen) atoms. The molecule has 0 bridgehead atoms. The Labute approximate surface area is 132 Å². The summed E-state index contributed by atoms with van der Waals surface area (Å²) in [7, 11) is 0. The monoisotopic (exact) mass is 289 g/mol. The summed E-state index contributed by atoms with van der Waals surface area (Å²) in [5, 5.41) is 0. The lowest BCUT2D eigenvalue weighted by Crippen LogP contribution is -2.02. The summed E-state index contributed by atoms with van der Waals surface area (Å²) in [5.74, 6) is 1.10. The Morgan fingerprint density at radius 3 is 2.27 bits per heavy atom. The number of aryl methyl sites for hydroxylation is 1. The van der Waals surface area contributed by atoms with E-state index >= 15 is 0 Å². The van der Waals surface area contributed by atoms with Crippen molar-refractivity contribution in [2.24, 2.45) is 0 Å². The molecular formula is C20H21N2. The standard InChI is InChI=1S/C20H21N2/c1-4-16-11-13-18(14-12-16)22-15(3)20(21-19(22)5-2)17-9-7-6-8-10-17/h6-14H,1,4-5H2,2-3H3. The normalized spacial score (nSPS) is 10.9. The summed E-state index contributed by atoms with van der Waals surface area (Å²) < 4.78 is 2.26. The van der Waals surface area contributed by atoms with Gasteiger partial charge in [-0.2, -0.15) is 0 Å². The summed E-state index contributed by atoms with van der Waals surface area (Å²) in [6.45, 7) is 8.23. The summed E-state index contributed by atoms with van der Waals surface area (Å²) in [6, 6.07) is 19.0. The van der Waals surface area contributed by atoms with Crippen LogP contribution in [0.4, 0.5) is 0 Å². The minimum absolute atomic E-state index is 0.819. The van der Waals surface area contributed by atoms with Gasteiger partial charge in [0.25, 0.3) is 0 Å². The summed E-state index contributed by atoms with van der Waals surface area (Å²) >= 11 is 0. The second kappa shape index (κ2) is 6.18. The average molecular weight is 289 g/mol. The van der Waals surface area contributed by atoms with E-state index in [-0.39, 0.29) is 0 Å². The van der Waals surface area contributed by atoms with E-state index in [2.05, 4.69) is 73.9 Å². The molecule has 0 spiro atoms. The molecule has 3 aromatic rings. The van der Waals surface area contributed by atoms with E-state index in [9.17, 15) is 0 Å². The Balaban J connectivity index is 2.12. The van der Waals surface area contributed by atoms with Gasteiger partial charge < -0.3 is 4.57 Å². The molecule has 0 saturated carbocycles. The first kappa shape index (κ1) is 14.6.